The maximum absolute atomic E-state index is 12.4. The van der Waals surface area contributed by atoms with Crippen LogP contribution in [0.25, 0.3) is 0 Å². The smallest absolute Gasteiger partial charge is 0.408 e. The minimum Gasteiger partial charge on any atom is -0.444 e. The average Bonchev–Trinajstić information content (AvgIpc) is 2.90. The number of carbonyl (C=O) groups excluding carboxylic acids is 2. The summed E-state index contributed by atoms with van der Waals surface area (Å²) in [6.45, 7) is 7.33. The third-order valence-electron chi connectivity index (χ3n) is 3.24. The molecule has 1 aliphatic carbocycles. The highest BCUT2D eigenvalue weighted by Gasteiger charge is 2.52. The van der Waals surface area contributed by atoms with Crippen LogP contribution < -0.4 is 10.6 Å². The number of hydrogen-bond donors (Lipinski definition) is 2. The Morgan fingerprint density at radius 1 is 1.38 bits per heavy atom. The van der Waals surface area contributed by atoms with Gasteiger partial charge in [0.1, 0.15) is 11.1 Å². The first-order chi connectivity index (χ1) is 9.72. The molecule has 5 nitrogen and oxygen atoms in total. The number of carbonyl (C=O) groups is 2. The van der Waals surface area contributed by atoms with Crippen LogP contribution in [-0.4, -0.2) is 23.1 Å². The van der Waals surface area contributed by atoms with E-state index >= 15 is 0 Å². The van der Waals surface area contributed by atoms with Crippen LogP contribution in [0, 0.1) is 0 Å². The summed E-state index contributed by atoms with van der Waals surface area (Å²) >= 11 is 1.60. The highest BCUT2D eigenvalue weighted by molar-refractivity contribution is 7.10. The minimum atomic E-state index is -0.798. The van der Waals surface area contributed by atoms with Crippen molar-refractivity contribution in [2.45, 2.75) is 57.7 Å². The van der Waals surface area contributed by atoms with Gasteiger partial charge >= 0.3 is 6.09 Å². The first-order valence-corrected chi connectivity index (χ1v) is 7.95. The van der Waals surface area contributed by atoms with Crippen LogP contribution in [0.3, 0.4) is 0 Å². The number of rotatable bonds is 4. The first-order valence-electron chi connectivity index (χ1n) is 7.07. The molecule has 1 aromatic heterocycles. The molecule has 0 aromatic carbocycles. The standard InChI is InChI=1S/C15H22N2O3S/c1-10(11-6-5-9-21-11)16-12(18)15(7-8-15)17-13(19)20-14(2,3)4/h5-6,9-10H,7-8H2,1-4H3,(H,16,18)(H,17,19)/t10-/m1/s1. The van der Waals surface area contributed by atoms with Crippen molar-refractivity contribution in [2.24, 2.45) is 0 Å². The zero-order valence-electron chi connectivity index (χ0n) is 12.9. The van der Waals surface area contributed by atoms with Crippen LogP contribution in [0.1, 0.15) is 51.5 Å². The fraction of sp³-hybridized carbons (Fsp3) is 0.600. The molecule has 6 heteroatoms. The van der Waals surface area contributed by atoms with Gasteiger partial charge in [-0.05, 0) is 52.0 Å². The third kappa shape index (κ3) is 4.20. The number of hydrogen-bond acceptors (Lipinski definition) is 4. The van der Waals surface area contributed by atoms with E-state index in [1.807, 2.05) is 24.4 Å². The molecule has 0 spiro atoms. The van der Waals surface area contributed by atoms with Crippen LogP contribution in [-0.2, 0) is 9.53 Å². The van der Waals surface area contributed by atoms with Crippen molar-refractivity contribution in [1.29, 1.82) is 0 Å². The van der Waals surface area contributed by atoms with Gasteiger partial charge in [-0.15, -0.1) is 11.3 Å². The second-order valence-corrected chi connectivity index (χ2v) is 7.40. The summed E-state index contributed by atoms with van der Waals surface area (Å²) in [5, 5.41) is 7.64. The molecule has 0 aliphatic heterocycles. The Morgan fingerprint density at radius 2 is 2.05 bits per heavy atom. The highest BCUT2D eigenvalue weighted by atomic mass is 32.1. The van der Waals surface area contributed by atoms with Crippen molar-refractivity contribution < 1.29 is 14.3 Å². The van der Waals surface area contributed by atoms with Crippen molar-refractivity contribution in [3.63, 3.8) is 0 Å². The van der Waals surface area contributed by atoms with Gasteiger partial charge in [0, 0.05) is 4.88 Å². The van der Waals surface area contributed by atoms with Gasteiger partial charge in [0.15, 0.2) is 0 Å². The monoisotopic (exact) mass is 310 g/mol. The summed E-state index contributed by atoms with van der Waals surface area (Å²) in [7, 11) is 0. The Bertz CT molecular complexity index is 516. The fourth-order valence-corrected chi connectivity index (χ4v) is 2.71. The fourth-order valence-electron chi connectivity index (χ4n) is 1.98. The number of amides is 2. The second-order valence-electron chi connectivity index (χ2n) is 6.42. The van der Waals surface area contributed by atoms with Crippen molar-refractivity contribution in [1.82, 2.24) is 10.6 Å². The van der Waals surface area contributed by atoms with Crippen molar-refractivity contribution >= 4 is 23.3 Å². The molecule has 2 N–H and O–H groups in total. The Labute approximate surface area is 129 Å². The maximum atomic E-state index is 12.4. The molecule has 0 radical (unpaired) electrons. The van der Waals surface area contributed by atoms with Gasteiger partial charge in [-0.2, -0.15) is 0 Å². The van der Waals surface area contributed by atoms with Gasteiger partial charge in [0.05, 0.1) is 6.04 Å². The molecule has 1 saturated carbocycles. The number of thiophene rings is 1. The quantitative estimate of drug-likeness (QED) is 0.898. The molecule has 1 fully saturated rings. The second kappa shape index (κ2) is 5.67. The molecule has 1 aliphatic rings. The van der Waals surface area contributed by atoms with Gasteiger partial charge in [-0.1, -0.05) is 6.07 Å². The van der Waals surface area contributed by atoms with Gasteiger partial charge in [0.2, 0.25) is 5.91 Å². The molecule has 2 rings (SSSR count). The molecule has 116 valence electrons. The summed E-state index contributed by atoms with van der Waals surface area (Å²) in [4.78, 5) is 25.3. The van der Waals surface area contributed by atoms with E-state index in [1.54, 1.807) is 32.1 Å². The minimum absolute atomic E-state index is 0.0598. The Hall–Kier alpha value is -1.56. The van der Waals surface area contributed by atoms with E-state index in [-0.39, 0.29) is 11.9 Å². The lowest BCUT2D eigenvalue weighted by Gasteiger charge is -2.24. The lowest BCUT2D eigenvalue weighted by atomic mass is 10.2. The summed E-state index contributed by atoms with van der Waals surface area (Å²) < 4.78 is 5.21. The largest absolute Gasteiger partial charge is 0.444 e. The summed E-state index contributed by atoms with van der Waals surface area (Å²) in [5.41, 5.74) is -1.37. The number of nitrogens with one attached hydrogen (secondary N) is 2. The zero-order valence-corrected chi connectivity index (χ0v) is 13.7. The van der Waals surface area contributed by atoms with Gasteiger partial charge < -0.3 is 15.4 Å². The van der Waals surface area contributed by atoms with Crippen molar-refractivity contribution in [3.8, 4) is 0 Å². The summed E-state index contributed by atoms with van der Waals surface area (Å²) in [5.74, 6) is -0.144. The van der Waals surface area contributed by atoms with E-state index < -0.39 is 17.2 Å². The van der Waals surface area contributed by atoms with E-state index in [0.717, 1.165) is 4.88 Å². The van der Waals surface area contributed by atoms with E-state index in [9.17, 15) is 9.59 Å². The highest BCUT2D eigenvalue weighted by Crippen LogP contribution is 2.36. The third-order valence-corrected chi connectivity index (χ3v) is 4.30. The van der Waals surface area contributed by atoms with Crippen LogP contribution in [0.15, 0.2) is 17.5 Å². The maximum Gasteiger partial charge on any atom is 0.408 e. The number of alkyl carbamates (subject to hydrolysis) is 1. The summed E-state index contributed by atoms with van der Waals surface area (Å²) in [6, 6.07) is 3.88. The van der Waals surface area contributed by atoms with Crippen molar-refractivity contribution in [3.05, 3.63) is 22.4 Å². The molecule has 21 heavy (non-hydrogen) atoms. The zero-order chi connectivity index (χ0) is 15.7. The van der Waals surface area contributed by atoms with Crippen molar-refractivity contribution in [2.75, 3.05) is 0 Å². The molecule has 0 saturated heterocycles. The van der Waals surface area contributed by atoms with Gasteiger partial charge in [0.25, 0.3) is 0 Å². The van der Waals surface area contributed by atoms with Gasteiger partial charge in [-0.25, -0.2) is 4.79 Å². The molecule has 1 atom stereocenters. The molecule has 0 bridgehead atoms. The Morgan fingerprint density at radius 3 is 2.52 bits per heavy atom. The summed E-state index contributed by atoms with van der Waals surface area (Å²) in [6.07, 6.45) is 0.753. The predicted molar refractivity (Wildman–Crippen MR) is 82.2 cm³/mol. The molecule has 0 unspecified atom stereocenters. The SMILES string of the molecule is C[C@@H](NC(=O)C1(NC(=O)OC(C)(C)C)CC1)c1cccs1. The van der Waals surface area contributed by atoms with Crippen LogP contribution in [0.4, 0.5) is 4.79 Å². The lowest BCUT2D eigenvalue weighted by molar-refractivity contribution is -0.124. The Balaban J connectivity index is 1.91. The molecule has 1 heterocycles. The first kappa shape index (κ1) is 15.8. The van der Waals surface area contributed by atoms with E-state index in [1.165, 1.54) is 0 Å². The Kier molecular flexibility index (Phi) is 4.27. The van der Waals surface area contributed by atoms with Crippen LogP contribution >= 0.6 is 11.3 Å². The molecule has 2 amide bonds. The predicted octanol–water partition coefficient (Wildman–Crippen LogP) is 2.98. The van der Waals surface area contributed by atoms with E-state index in [2.05, 4.69) is 10.6 Å². The van der Waals surface area contributed by atoms with E-state index in [4.69, 9.17) is 4.74 Å². The number of ether oxygens (including phenoxy) is 1. The van der Waals surface area contributed by atoms with Crippen LogP contribution in [0.5, 0.6) is 0 Å². The van der Waals surface area contributed by atoms with Crippen LogP contribution in [0.2, 0.25) is 0 Å². The average molecular weight is 310 g/mol. The molecule has 1 aromatic rings. The normalized spacial score (nSPS) is 17.7. The molecular weight excluding hydrogens is 288 g/mol. The lowest BCUT2D eigenvalue weighted by Crippen LogP contribution is -2.50. The van der Waals surface area contributed by atoms with Gasteiger partial charge in [-0.3, -0.25) is 4.79 Å². The molecular formula is C15H22N2O3S. The topological polar surface area (TPSA) is 67.4 Å². The van der Waals surface area contributed by atoms with E-state index in [0.29, 0.717) is 12.8 Å².